The summed E-state index contributed by atoms with van der Waals surface area (Å²) in [5, 5.41) is 13.3. The third-order valence-corrected chi connectivity index (χ3v) is 5.04. The highest BCUT2D eigenvalue weighted by molar-refractivity contribution is 14.1. The molecule has 0 radical (unpaired) electrons. The van der Waals surface area contributed by atoms with Gasteiger partial charge >= 0.3 is 0 Å². The molecule has 9 heteroatoms. The van der Waals surface area contributed by atoms with Gasteiger partial charge in [-0.2, -0.15) is 0 Å². The van der Waals surface area contributed by atoms with E-state index in [2.05, 4.69) is 5.32 Å². The van der Waals surface area contributed by atoms with Crippen LogP contribution >= 0.6 is 22.6 Å². The maximum atomic E-state index is 14.3. The molecule has 1 saturated heterocycles. The van der Waals surface area contributed by atoms with E-state index in [0.29, 0.717) is 16.7 Å². The summed E-state index contributed by atoms with van der Waals surface area (Å²) in [4.78, 5) is 24.3. The van der Waals surface area contributed by atoms with Gasteiger partial charge in [-0.25, -0.2) is 8.78 Å². The number of benzene rings is 2. The fraction of sp³-hybridized carbons (Fsp3) is 0.235. The second kappa shape index (κ2) is 7.52. The first kappa shape index (κ1) is 18.5. The number of amides is 1. The van der Waals surface area contributed by atoms with Crippen molar-refractivity contribution in [3.8, 4) is 0 Å². The van der Waals surface area contributed by atoms with Gasteiger partial charge in [0.25, 0.3) is 11.6 Å². The molecule has 1 N–H and O–H groups in total. The Hall–Kier alpha value is -2.30. The first-order valence-corrected chi connectivity index (χ1v) is 8.94. The number of nitro groups is 1. The van der Waals surface area contributed by atoms with Gasteiger partial charge < -0.3 is 10.2 Å². The van der Waals surface area contributed by atoms with E-state index in [9.17, 15) is 23.7 Å². The standard InChI is InChI=1S/C17H14F2IN3O3/c18-13-7-10(8-14(19)16(13)22-5-1-2-6-22)21-17(24)12-9-11(23(25)26)3-4-15(12)20/h3-4,7-9H,1-2,5-6H2,(H,21,24). The number of halogens is 3. The number of carbonyl (C=O) groups excluding carboxylic acids is 1. The molecule has 0 spiro atoms. The zero-order chi connectivity index (χ0) is 18.8. The lowest BCUT2D eigenvalue weighted by atomic mass is 10.1. The van der Waals surface area contributed by atoms with Gasteiger partial charge in [0.15, 0.2) is 11.6 Å². The lowest BCUT2D eigenvalue weighted by Crippen LogP contribution is -2.21. The summed E-state index contributed by atoms with van der Waals surface area (Å²) in [6.45, 7) is 1.18. The van der Waals surface area contributed by atoms with Crippen molar-refractivity contribution in [2.24, 2.45) is 0 Å². The van der Waals surface area contributed by atoms with Gasteiger partial charge in [-0.3, -0.25) is 14.9 Å². The molecular weight excluding hydrogens is 459 g/mol. The minimum absolute atomic E-state index is 0.0461. The summed E-state index contributed by atoms with van der Waals surface area (Å²) in [7, 11) is 0. The van der Waals surface area contributed by atoms with Crippen LogP contribution in [0.3, 0.4) is 0 Å². The Morgan fingerprint density at radius 1 is 1.15 bits per heavy atom. The summed E-state index contributed by atoms with van der Waals surface area (Å²) in [5.74, 6) is -2.18. The SMILES string of the molecule is O=C(Nc1cc(F)c(N2CCCC2)c(F)c1)c1cc([N+](=O)[O-])ccc1I. The van der Waals surface area contributed by atoms with Crippen LogP contribution in [-0.4, -0.2) is 23.9 Å². The van der Waals surface area contributed by atoms with Crippen LogP contribution < -0.4 is 10.2 Å². The average molecular weight is 473 g/mol. The molecule has 0 aromatic heterocycles. The predicted octanol–water partition coefficient (Wildman–Crippen LogP) is 4.33. The Labute approximate surface area is 161 Å². The second-order valence-electron chi connectivity index (χ2n) is 5.86. The highest BCUT2D eigenvalue weighted by Gasteiger charge is 2.22. The van der Waals surface area contributed by atoms with E-state index in [1.807, 2.05) is 22.6 Å². The third-order valence-electron chi connectivity index (χ3n) is 4.10. The molecule has 0 unspecified atom stereocenters. The monoisotopic (exact) mass is 473 g/mol. The number of anilines is 2. The Morgan fingerprint density at radius 2 is 1.77 bits per heavy atom. The zero-order valence-corrected chi connectivity index (χ0v) is 15.6. The molecule has 1 aliphatic rings. The molecule has 1 amide bonds. The van der Waals surface area contributed by atoms with Crippen LogP contribution in [0.1, 0.15) is 23.2 Å². The van der Waals surface area contributed by atoms with Crippen LogP contribution in [0.2, 0.25) is 0 Å². The zero-order valence-electron chi connectivity index (χ0n) is 13.5. The lowest BCUT2D eigenvalue weighted by Gasteiger charge is -2.20. The van der Waals surface area contributed by atoms with Gasteiger partial charge in [0.05, 0.1) is 10.5 Å². The smallest absolute Gasteiger partial charge is 0.270 e. The molecule has 0 atom stereocenters. The number of rotatable bonds is 4. The summed E-state index contributed by atoms with van der Waals surface area (Å²) in [6.07, 6.45) is 1.76. The molecule has 3 rings (SSSR count). The van der Waals surface area contributed by atoms with Gasteiger partial charge in [0.1, 0.15) is 5.69 Å². The van der Waals surface area contributed by atoms with Crippen molar-refractivity contribution < 1.29 is 18.5 Å². The van der Waals surface area contributed by atoms with E-state index < -0.39 is 22.5 Å². The molecule has 1 fully saturated rings. The fourth-order valence-electron chi connectivity index (χ4n) is 2.88. The maximum Gasteiger partial charge on any atom is 0.270 e. The van der Waals surface area contributed by atoms with Crippen molar-refractivity contribution in [2.45, 2.75) is 12.8 Å². The number of hydrogen-bond acceptors (Lipinski definition) is 4. The molecule has 0 aliphatic carbocycles. The van der Waals surface area contributed by atoms with Crippen LogP contribution in [0.25, 0.3) is 0 Å². The van der Waals surface area contributed by atoms with Crippen molar-refractivity contribution >= 4 is 45.6 Å². The predicted molar refractivity (Wildman–Crippen MR) is 102 cm³/mol. The summed E-state index contributed by atoms with van der Waals surface area (Å²) in [6, 6.07) is 5.95. The number of carbonyl (C=O) groups is 1. The van der Waals surface area contributed by atoms with Crippen LogP contribution in [-0.2, 0) is 0 Å². The number of nitro benzene ring substituents is 1. The first-order valence-electron chi connectivity index (χ1n) is 7.86. The van der Waals surface area contributed by atoms with Crippen LogP contribution in [0.4, 0.5) is 25.8 Å². The minimum atomic E-state index is -0.754. The summed E-state index contributed by atoms with van der Waals surface area (Å²) < 4.78 is 29.2. The van der Waals surface area contributed by atoms with E-state index >= 15 is 0 Å². The Bertz CT molecular complexity index is 863. The topological polar surface area (TPSA) is 75.5 Å². The Balaban J connectivity index is 1.86. The number of nitrogens with one attached hydrogen (secondary N) is 1. The van der Waals surface area contributed by atoms with E-state index in [4.69, 9.17) is 0 Å². The molecular formula is C17H14F2IN3O3. The van der Waals surface area contributed by atoms with E-state index in [-0.39, 0.29) is 22.6 Å². The van der Waals surface area contributed by atoms with Gasteiger partial charge in [0, 0.05) is 34.5 Å². The van der Waals surface area contributed by atoms with Crippen LogP contribution in [0.15, 0.2) is 30.3 Å². The molecule has 1 heterocycles. The molecule has 2 aromatic rings. The van der Waals surface area contributed by atoms with Gasteiger partial charge in [-0.05, 0) is 53.6 Å². The average Bonchev–Trinajstić information content (AvgIpc) is 3.08. The summed E-state index contributed by atoms with van der Waals surface area (Å²) in [5.41, 5.74) is -0.317. The fourth-order valence-corrected chi connectivity index (χ4v) is 3.46. The summed E-state index contributed by atoms with van der Waals surface area (Å²) >= 11 is 1.86. The van der Waals surface area contributed by atoms with E-state index in [1.54, 1.807) is 4.90 Å². The molecule has 0 saturated carbocycles. The third kappa shape index (κ3) is 3.76. The Morgan fingerprint density at radius 3 is 2.35 bits per heavy atom. The minimum Gasteiger partial charge on any atom is -0.367 e. The number of hydrogen-bond donors (Lipinski definition) is 1. The van der Waals surface area contributed by atoms with Crippen molar-refractivity contribution in [1.29, 1.82) is 0 Å². The molecule has 0 bridgehead atoms. The number of nitrogens with zero attached hydrogens (tertiary/aromatic N) is 2. The molecule has 6 nitrogen and oxygen atoms in total. The van der Waals surface area contributed by atoms with Crippen molar-refractivity contribution in [2.75, 3.05) is 23.3 Å². The van der Waals surface area contributed by atoms with Gasteiger partial charge in [-0.15, -0.1) is 0 Å². The highest BCUT2D eigenvalue weighted by Crippen LogP contribution is 2.30. The first-order chi connectivity index (χ1) is 12.4. The molecule has 136 valence electrons. The molecule has 1 aliphatic heterocycles. The molecule has 26 heavy (non-hydrogen) atoms. The molecule has 2 aromatic carbocycles. The quantitative estimate of drug-likeness (QED) is 0.408. The van der Waals surface area contributed by atoms with E-state index in [1.165, 1.54) is 12.1 Å². The normalized spacial score (nSPS) is 13.7. The van der Waals surface area contributed by atoms with Crippen molar-refractivity contribution in [3.63, 3.8) is 0 Å². The maximum absolute atomic E-state index is 14.3. The van der Waals surface area contributed by atoms with Gasteiger partial charge in [0.2, 0.25) is 0 Å². The van der Waals surface area contributed by atoms with Crippen LogP contribution in [0, 0.1) is 25.3 Å². The highest BCUT2D eigenvalue weighted by atomic mass is 127. The van der Waals surface area contributed by atoms with E-state index in [0.717, 1.165) is 31.0 Å². The van der Waals surface area contributed by atoms with Crippen molar-refractivity contribution in [3.05, 3.63) is 61.2 Å². The lowest BCUT2D eigenvalue weighted by molar-refractivity contribution is -0.384. The Kier molecular flexibility index (Phi) is 5.35. The van der Waals surface area contributed by atoms with Crippen molar-refractivity contribution in [1.82, 2.24) is 0 Å². The number of non-ortho nitro benzene ring substituents is 1. The largest absolute Gasteiger partial charge is 0.367 e. The van der Waals surface area contributed by atoms with Gasteiger partial charge in [-0.1, -0.05) is 0 Å². The second-order valence-corrected chi connectivity index (χ2v) is 7.02. The van der Waals surface area contributed by atoms with Crippen LogP contribution in [0.5, 0.6) is 0 Å².